The largest absolute Gasteiger partial charge is 0.503 e. The molecule has 1 amide bonds. The average molecular weight is 397 g/mol. The van der Waals surface area contributed by atoms with Crippen molar-refractivity contribution < 1.29 is 19.1 Å². The number of Topliss-reactive ketones (excluding diaryl/α,β-unsaturated/α-hetero) is 1. The third kappa shape index (κ3) is 2.96. The molecule has 0 fully saturated rings. The third-order valence-electron chi connectivity index (χ3n) is 4.72. The van der Waals surface area contributed by atoms with Crippen LogP contribution in [0.2, 0.25) is 5.02 Å². The summed E-state index contributed by atoms with van der Waals surface area (Å²) in [4.78, 5) is 31.5. The molecule has 0 radical (unpaired) electrons. The van der Waals surface area contributed by atoms with Crippen LogP contribution in [0.25, 0.3) is 11.0 Å². The summed E-state index contributed by atoms with van der Waals surface area (Å²) in [5, 5.41) is 11.7. The van der Waals surface area contributed by atoms with Gasteiger partial charge in [0.1, 0.15) is 5.58 Å². The van der Waals surface area contributed by atoms with Crippen LogP contribution >= 0.6 is 11.6 Å². The molecule has 6 nitrogen and oxygen atoms in total. The lowest BCUT2D eigenvalue weighted by Crippen LogP contribution is -2.31. The molecule has 1 atom stereocenters. The molecule has 0 spiro atoms. The Bertz CT molecular complexity index is 1100. The molecule has 0 bridgehead atoms. The van der Waals surface area contributed by atoms with E-state index in [4.69, 9.17) is 16.0 Å². The SMILES string of the molecule is CCCN1C(=O)C(O)=C(C(=O)c2cc3cc(Cl)ccc3o2)C1c1cccnc1. The van der Waals surface area contributed by atoms with Gasteiger partial charge in [0.15, 0.2) is 11.5 Å². The van der Waals surface area contributed by atoms with Crippen LogP contribution in [0.1, 0.15) is 35.5 Å². The first kappa shape index (κ1) is 18.3. The number of amides is 1. The summed E-state index contributed by atoms with van der Waals surface area (Å²) in [5.74, 6) is -1.62. The maximum atomic E-state index is 13.2. The monoisotopic (exact) mass is 396 g/mol. The Morgan fingerprint density at radius 2 is 2.14 bits per heavy atom. The van der Waals surface area contributed by atoms with E-state index in [-0.39, 0.29) is 11.3 Å². The Morgan fingerprint density at radius 3 is 2.86 bits per heavy atom. The van der Waals surface area contributed by atoms with Crippen molar-refractivity contribution in [3.05, 3.63) is 76.5 Å². The van der Waals surface area contributed by atoms with Gasteiger partial charge >= 0.3 is 0 Å². The average Bonchev–Trinajstić information content (AvgIpc) is 3.22. The second kappa shape index (κ2) is 7.13. The number of rotatable bonds is 5. The van der Waals surface area contributed by atoms with Crippen LogP contribution in [0.5, 0.6) is 0 Å². The molecule has 28 heavy (non-hydrogen) atoms. The Balaban J connectivity index is 1.81. The summed E-state index contributed by atoms with van der Waals surface area (Å²) >= 11 is 6.00. The summed E-state index contributed by atoms with van der Waals surface area (Å²) < 4.78 is 5.66. The zero-order valence-electron chi connectivity index (χ0n) is 15.1. The lowest BCUT2D eigenvalue weighted by Gasteiger charge is -2.25. The van der Waals surface area contributed by atoms with Crippen LogP contribution in [-0.4, -0.2) is 33.2 Å². The molecule has 1 unspecified atom stereocenters. The molecule has 3 aromatic rings. The zero-order valence-corrected chi connectivity index (χ0v) is 15.8. The lowest BCUT2D eigenvalue weighted by atomic mass is 9.96. The number of ketones is 1. The fraction of sp³-hybridized carbons (Fsp3) is 0.190. The summed E-state index contributed by atoms with van der Waals surface area (Å²) in [7, 11) is 0. The predicted molar refractivity (Wildman–Crippen MR) is 104 cm³/mol. The highest BCUT2D eigenvalue weighted by molar-refractivity contribution is 6.31. The molecule has 7 heteroatoms. The fourth-order valence-corrected chi connectivity index (χ4v) is 3.68. The number of halogens is 1. The molecule has 1 aromatic carbocycles. The van der Waals surface area contributed by atoms with Gasteiger partial charge in [-0.25, -0.2) is 0 Å². The van der Waals surface area contributed by atoms with Gasteiger partial charge in [-0.1, -0.05) is 24.6 Å². The normalized spacial score (nSPS) is 17.0. The van der Waals surface area contributed by atoms with Crippen LogP contribution in [0, 0.1) is 0 Å². The van der Waals surface area contributed by atoms with Crippen LogP contribution in [0.15, 0.2) is 64.5 Å². The number of aliphatic hydroxyl groups is 1. The quantitative estimate of drug-likeness (QED) is 0.643. The molecule has 0 aliphatic carbocycles. The van der Waals surface area contributed by atoms with E-state index in [0.717, 1.165) is 0 Å². The van der Waals surface area contributed by atoms with Gasteiger partial charge in [-0.05, 0) is 42.3 Å². The van der Waals surface area contributed by atoms with E-state index < -0.39 is 23.5 Å². The summed E-state index contributed by atoms with van der Waals surface area (Å²) in [6, 6.07) is 9.38. The number of aromatic nitrogens is 1. The van der Waals surface area contributed by atoms with Crippen molar-refractivity contribution in [3.63, 3.8) is 0 Å². The van der Waals surface area contributed by atoms with Crippen molar-refractivity contribution in [1.29, 1.82) is 0 Å². The van der Waals surface area contributed by atoms with Gasteiger partial charge in [-0.2, -0.15) is 0 Å². The van der Waals surface area contributed by atoms with E-state index in [0.29, 0.717) is 34.5 Å². The zero-order chi connectivity index (χ0) is 19.8. The summed E-state index contributed by atoms with van der Waals surface area (Å²) in [6.07, 6.45) is 3.88. The number of hydrogen-bond donors (Lipinski definition) is 1. The van der Waals surface area contributed by atoms with Crippen LogP contribution in [0.3, 0.4) is 0 Å². The molecule has 0 saturated heterocycles. The topological polar surface area (TPSA) is 83.6 Å². The number of furan rings is 1. The smallest absolute Gasteiger partial charge is 0.290 e. The first-order valence-corrected chi connectivity index (χ1v) is 9.27. The highest BCUT2D eigenvalue weighted by Crippen LogP contribution is 2.39. The maximum Gasteiger partial charge on any atom is 0.290 e. The number of carbonyl (C=O) groups is 2. The summed E-state index contributed by atoms with van der Waals surface area (Å²) in [6.45, 7) is 2.32. The second-order valence-corrected chi connectivity index (χ2v) is 7.01. The van der Waals surface area contributed by atoms with Crippen molar-refractivity contribution >= 4 is 34.3 Å². The molecular formula is C21H17ClN2O4. The van der Waals surface area contributed by atoms with E-state index in [1.807, 2.05) is 6.92 Å². The molecule has 1 N–H and O–H groups in total. The fourth-order valence-electron chi connectivity index (χ4n) is 3.50. The van der Waals surface area contributed by atoms with Gasteiger partial charge in [0.2, 0.25) is 5.78 Å². The number of hydrogen-bond acceptors (Lipinski definition) is 5. The third-order valence-corrected chi connectivity index (χ3v) is 4.95. The Labute approximate surface area is 166 Å². The van der Waals surface area contributed by atoms with Gasteiger partial charge in [-0.3, -0.25) is 14.6 Å². The van der Waals surface area contributed by atoms with Crippen LogP contribution < -0.4 is 0 Å². The van der Waals surface area contributed by atoms with Crippen LogP contribution in [-0.2, 0) is 4.79 Å². The van der Waals surface area contributed by atoms with Crippen molar-refractivity contribution in [1.82, 2.24) is 9.88 Å². The van der Waals surface area contributed by atoms with Gasteiger partial charge in [0.25, 0.3) is 5.91 Å². The van der Waals surface area contributed by atoms with Gasteiger partial charge in [-0.15, -0.1) is 0 Å². The molecule has 0 saturated carbocycles. The molecule has 4 rings (SSSR count). The minimum Gasteiger partial charge on any atom is -0.503 e. The minimum absolute atomic E-state index is 0.00315. The Kier molecular flexibility index (Phi) is 4.65. The molecule has 1 aliphatic heterocycles. The van der Waals surface area contributed by atoms with E-state index >= 15 is 0 Å². The van der Waals surface area contributed by atoms with E-state index in [1.165, 1.54) is 4.90 Å². The van der Waals surface area contributed by atoms with Crippen molar-refractivity contribution in [2.75, 3.05) is 6.54 Å². The standard InChI is InChI=1S/C21H17ClN2O4/c1-2-8-24-18(12-4-3-7-23-11-12)17(20(26)21(24)27)19(25)16-10-13-9-14(22)5-6-15(13)28-16/h3-7,9-11,18,26H,2,8H2,1H3. The highest BCUT2D eigenvalue weighted by atomic mass is 35.5. The Morgan fingerprint density at radius 1 is 1.32 bits per heavy atom. The molecular weight excluding hydrogens is 380 g/mol. The van der Waals surface area contributed by atoms with Crippen molar-refractivity contribution in [2.45, 2.75) is 19.4 Å². The number of benzene rings is 1. The van der Waals surface area contributed by atoms with Crippen LogP contribution in [0.4, 0.5) is 0 Å². The number of fused-ring (bicyclic) bond motifs is 1. The minimum atomic E-state index is -0.717. The number of carbonyl (C=O) groups excluding carboxylic acids is 2. The molecule has 142 valence electrons. The number of nitrogens with zero attached hydrogens (tertiary/aromatic N) is 2. The number of pyridine rings is 1. The Hall–Kier alpha value is -3.12. The van der Waals surface area contributed by atoms with Gasteiger partial charge in [0.05, 0.1) is 11.6 Å². The highest BCUT2D eigenvalue weighted by Gasteiger charge is 2.44. The summed E-state index contributed by atoms with van der Waals surface area (Å²) in [5.41, 5.74) is 1.15. The second-order valence-electron chi connectivity index (χ2n) is 6.57. The molecule has 1 aliphatic rings. The van der Waals surface area contributed by atoms with E-state index in [2.05, 4.69) is 4.98 Å². The molecule has 2 aromatic heterocycles. The van der Waals surface area contributed by atoms with Gasteiger partial charge < -0.3 is 14.4 Å². The van der Waals surface area contributed by atoms with Gasteiger partial charge in [0, 0.05) is 29.3 Å². The maximum absolute atomic E-state index is 13.2. The van der Waals surface area contributed by atoms with E-state index in [9.17, 15) is 14.7 Å². The van der Waals surface area contributed by atoms with E-state index in [1.54, 1.807) is 48.8 Å². The number of aliphatic hydroxyl groups excluding tert-OH is 1. The lowest BCUT2D eigenvalue weighted by molar-refractivity contribution is -0.129. The first-order valence-electron chi connectivity index (χ1n) is 8.89. The first-order chi connectivity index (χ1) is 13.5. The van der Waals surface area contributed by atoms with Crippen molar-refractivity contribution in [2.24, 2.45) is 0 Å². The molecule has 3 heterocycles. The predicted octanol–water partition coefficient (Wildman–Crippen LogP) is 4.47. The van der Waals surface area contributed by atoms with Crippen molar-refractivity contribution in [3.8, 4) is 0 Å².